The van der Waals surface area contributed by atoms with E-state index in [4.69, 9.17) is 6.42 Å². The van der Waals surface area contributed by atoms with Crippen molar-refractivity contribution in [2.75, 3.05) is 24.5 Å². The second-order valence-corrected chi connectivity index (χ2v) is 9.56. The smallest absolute Gasteiger partial charge is 0.193 e. The zero-order chi connectivity index (χ0) is 22.1. The number of hydrogen-bond donors (Lipinski definition) is 1. The van der Waals surface area contributed by atoms with Gasteiger partial charge < -0.3 is 10.2 Å². The lowest BCUT2D eigenvalue weighted by molar-refractivity contribution is 0.288. The molecule has 2 aromatic heterocycles. The quantitative estimate of drug-likeness (QED) is 0.620. The van der Waals surface area contributed by atoms with Gasteiger partial charge in [0.05, 0.1) is 23.5 Å². The first-order chi connectivity index (χ1) is 14.8. The molecule has 4 heterocycles. The number of rotatable bonds is 9. The van der Waals surface area contributed by atoms with Gasteiger partial charge in [-0.1, -0.05) is 0 Å². The Hall–Kier alpha value is -2.80. The van der Waals surface area contributed by atoms with Crippen molar-refractivity contribution in [3.63, 3.8) is 0 Å². The van der Waals surface area contributed by atoms with Gasteiger partial charge in [-0.25, -0.2) is 4.68 Å². The van der Waals surface area contributed by atoms with Crippen LogP contribution >= 0.6 is 0 Å². The minimum atomic E-state index is -0.294. The van der Waals surface area contributed by atoms with Crippen LogP contribution in [0.3, 0.4) is 0 Å². The number of terminal acetylenes is 1. The Kier molecular flexibility index (Phi) is 5.79. The number of nitrogens with zero attached hydrogens (tertiary/aromatic N) is 9. The minimum Gasteiger partial charge on any atom is -0.369 e. The third-order valence-electron chi connectivity index (χ3n) is 6.10. The van der Waals surface area contributed by atoms with Gasteiger partial charge in [0, 0.05) is 58.1 Å². The molecule has 4 rings (SSSR count). The zero-order valence-corrected chi connectivity index (χ0v) is 18.9. The van der Waals surface area contributed by atoms with Gasteiger partial charge in [-0.3, -0.25) is 4.68 Å². The third kappa shape index (κ3) is 4.77. The van der Waals surface area contributed by atoms with Gasteiger partial charge in [0.25, 0.3) is 0 Å². The molecule has 2 aliphatic heterocycles. The van der Waals surface area contributed by atoms with Crippen LogP contribution in [-0.2, 0) is 12.6 Å². The molecule has 1 saturated heterocycles. The van der Waals surface area contributed by atoms with Crippen molar-refractivity contribution < 1.29 is 0 Å². The molecule has 1 fully saturated rings. The topological polar surface area (TPSA) is 101 Å². The fraction of sp³-hybridized carbons (Fsp3) is 0.714. The van der Waals surface area contributed by atoms with E-state index < -0.39 is 0 Å². The molecular weight excluding hydrogens is 392 g/mol. The molecule has 2 atom stereocenters. The van der Waals surface area contributed by atoms with Crippen LogP contribution in [0.2, 0.25) is 0 Å². The number of aromatic nitrogens is 6. The summed E-state index contributed by atoms with van der Waals surface area (Å²) in [5, 5.41) is 29.3. The molecule has 10 heteroatoms. The highest BCUT2D eigenvalue weighted by molar-refractivity contribution is 5.43. The SMILES string of the molecule is C#CCCC1(CCNC(c2nnnn2C(C)(C)C)C2CCN(c3cnn(C)c3)C2)N=N1. The normalized spacial score (nSPS) is 20.7. The van der Waals surface area contributed by atoms with E-state index in [0.29, 0.717) is 12.3 Å². The van der Waals surface area contributed by atoms with E-state index in [1.807, 2.05) is 22.6 Å². The average Bonchev–Trinajstić information content (AvgIpc) is 3.15. The van der Waals surface area contributed by atoms with Crippen molar-refractivity contribution >= 4 is 5.69 Å². The molecule has 31 heavy (non-hydrogen) atoms. The number of nitrogens with one attached hydrogen (secondary N) is 1. The van der Waals surface area contributed by atoms with E-state index in [9.17, 15) is 0 Å². The van der Waals surface area contributed by atoms with E-state index in [1.165, 1.54) is 0 Å². The fourth-order valence-electron chi connectivity index (χ4n) is 4.30. The lowest BCUT2D eigenvalue weighted by Crippen LogP contribution is -2.37. The number of anilines is 1. The summed E-state index contributed by atoms with van der Waals surface area (Å²) in [6.45, 7) is 9.06. The summed E-state index contributed by atoms with van der Waals surface area (Å²) < 4.78 is 3.79. The van der Waals surface area contributed by atoms with Gasteiger partial charge in [0.1, 0.15) is 0 Å². The molecule has 0 bridgehead atoms. The first-order valence-corrected chi connectivity index (χ1v) is 10.9. The number of aryl methyl sites for hydroxylation is 1. The molecule has 2 aromatic rings. The van der Waals surface area contributed by atoms with Crippen molar-refractivity contribution in [3.05, 3.63) is 18.2 Å². The standard InChI is InChI=1S/C21H32N10/c1-6-7-9-21(25-26-21)10-11-22-18(19-24-27-28-31(19)20(2,3)4)16-8-12-30(14-16)17-13-23-29(5)15-17/h1,13,15-16,18,22H,7-12,14H2,2-5H3. The molecule has 0 amide bonds. The summed E-state index contributed by atoms with van der Waals surface area (Å²) in [5.41, 5.74) is 0.662. The fourth-order valence-corrected chi connectivity index (χ4v) is 4.30. The van der Waals surface area contributed by atoms with Crippen LogP contribution < -0.4 is 10.2 Å². The molecular formula is C21H32N10. The summed E-state index contributed by atoms with van der Waals surface area (Å²) in [6.07, 6.45) is 12.8. The van der Waals surface area contributed by atoms with Crippen molar-refractivity contribution in [1.29, 1.82) is 0 Å². The maximum absolute atomic E-state index is 5.42. The summed E-state index contributed by atoms with van der Waals surface area (Å²) >= 11 is 0. The van der Waals surface area contributed by atoms with E-state index in [2.05, 4.69) is 74.0 Å². The van der Waals surface area contributed by atoms with Crippen molar-refractivity contribution in [3.8, 4) is 12.3 Å². The number of tetrazole rings is 1. The Labute approximate surface area is 183 Å². The second kappa shape index (κ2) is 8.38. The molecule has 0 radical (unpaired) electrons. The van der Waals surface area contributed by atoms with E-state index in [1.54, 1.807) is 0 Å². The molecule has 1 N–H and O–H groups in total. The predicted octanol–water partition coefficient (Wildman–Crippen LogP) is 2.28. The van der Waals surface area contributed by atoms with Crippen LogP contribution in [0.25, 0.3) is 0 Å². The highest BCUT2D eigenvalue weighted by Crippen LogP contribution is 2.37. The van der Waals surface area contributed by atoms with Crippen LogP contribution in [0.4, 0.5) is 5.69 Å². The Morgan fingerprint density at radius 3 is 2.77 bits per heavy atom. The summed E-state index contributed by atoms with van der Waals surface area (Å²) in [6, 6.07) is 0.0410. The molecule has 10 nitrogen and oxygen atoms in total. The Bertz CT molecular complexity index is 953. The van der Waals surface area contributed by atoms with E-state index in [-0.39, 0.29) is 17.2 Å². The molecule has 0 saturated carbocycles. The lowest BCUT2D eigenvalue weighted by Gasteiger charge is -2.28. The van der Waals surface area contributed by atoms with Crippen LogP contribution in [0, 0.1) is 18.3 Å². The van der Waals surface area contributed by atoms with Crippen molar-refractivity contribution in [1.82, 2.24) is 35.3 Å². The van der Waals surface area contributed by atoms with Gasteiger partial charge in [-0.2, -0.15) is 15.3 Å². The van der Waals surface area contributed by atoms with Gasteiger partial charge in [0.2, 0.25) is 0 Å². The van der Waals surface area contributed by atoms with Crippen molar-refractivity contribution in [2.24, 2.45) is 23.2 Å². The van der Waals surface area contributed by atoms with Gasteiger partial charge in [0.15, 0.2) is 11.5 Å². The highest BCUT2D eigenvalue weighted by Gasteiger charge is 2.40. The molecule has 166 valence electrons. The van der Waals surface area contributed by atoms with Crippen molar-refractivity contribution in [2.45, 2.75) is 63.7 Å². The van der Waals surface area contributed by atoms with E-state index in [0.717, 1.165) is 50.4 Å². The van der Waals surface area contributed by atoms with Crippen LogP contribution in [0.5, 0.6) is 0 Å². The molecule has 0 spiro atoms. The highest BCUT2D eigenvalue weighted by atomic mass is 15.6. The molecule has 0 aliphatic carbocycles. The first-order valence-electron chi connectivity index (χ1n) is 10.9. The average molecular weight is 425 g/mol. The molecule has 2 aliphatic rings. The monoisotopic (exact) mass is 424 g/mol. The second-order valence-electron chi connectivity index (χ2n) is 9.56. The van der Waals surface area contributed by atoms with Gasteiger partial charge in [-0.15, -0.1) is 17.4 Å². The van der Waals surface area contributed by atoms with E-state index >= 15 is 0 Å². The van der Waals surface area contributed by atoms with Gasteiger partial charge in [-0.05, 0) is 37.6 Å². The zero-order valence-electron chi connectivity index (χ0n) is 18.9. The molecule has 2 unspecified atom stereocenters. The summed E-state index contributed by atoms with van der Waals surface area (Å²) in [4.78, 5) is 2.39. The maximum Gasteiger partial charge on any atom is 0.193 e. The largest absolute Gasteiger partial charge is 0.369 e. The van der Waals surface area contributed by atoms with Crippen LogP contribution in [0.1, 0.15) is 58.3 Å². The summed E-state index contributed by atoms with van der Waals surface area (Å²) in [7, 11) is 1.95. The van der Waals surface area contributed by atoms with Crippen LogP contribution in [0.15, 0.2) is 22.6 Å². The van der Waals surface area contributed by atoms with Crippen LogP contribution in [-0.4, -0.2) is 55.3 Å². The Morgan fingerprint density at radius 2 is 2.13 bits per heavy atom. The molecule has 0 aromatic carbocycles. The predicted molar refractivity (Wildman–Crippen MR) is 117 cm³/mol. The number of hydrogen-bond acceptors (Lipinski definition) is 8. The third-order valence-corrected chi connectivity index (χ3v) is 6.10. The summed E-state index contributed by atoms with van der Waals surface area (Å²) in [5.74, 6) is 3.95. The first kappa shape index (κ1) is 21.4. The lowest BCUT2D eigenvalue weighted by atomic mass is 9.96. The minimum absolute atomic E-state index is 0.0410. The van der Waals surface area contributed by atoms with Gasteiger partial charge >= 0.3 is 0 Å². The Balaban J connectivity index is 1.48. The maximum atomic E-state index is 5.42. The Morgan fingerprint density at radius 1 is 1.32 bits per heavy atom.